The van der Waals surface area contributed by atoms with Crippen LogP contribution >= 0.6 is 0 Å². The molecule has 0 heterocycles. The summed E-state index contributed by atoms with van der Waals surface area (Å²) in [6.07, 6.45) is 8.03. The van der Waals surface area contributed by atoms with Crippen LogP contribution in [0.1, 0.15) is 52.4 Å². The Kier molecular flexibility index (Phi) is 7.87. The number of nitrogens with one attached hydrogen (secondary N) is 1. The van der Waals surface area contributed by atoms with Crippen molar-refractivity contribution in [3.05, 3.63) is 0 Å². The molecule has 0 aliphatic heterocycles. The Labute approximate surface area is 113 Å². The fraction of sp³-hybridized carbons (Fsp3) is 1.00. The van der Waals surface area contributed by atoms with E-state index in [0.29, 0.717) is 18.1 Å². The van der Waals surface area contributed by atoms with Gasteiger partial charge in [0.05, 0.1) is 6.61 Å². The van der Waals surface area contributed by atoms with Crippen molar-refractivity contribution in [3.8, 4) is 0 Å². The third-order valence-electron chi connectivity index (χ3n) is 4.26. The van der Waals surface area contributed by atoms with Gasteiger partial charge in [-0.25, -0.2) is 0 Å². The summed E-state index contributed by atoms with van der Waals surface area (Å²) in [6, 6.07) is 1.84. The third kappa shape index (κ3) is 4.87. The van der Waals surface area contributed by atoms with Crippen molar-refractivity contribution in [2.75, 3.05) is 27.3 Å². The van der Waals surface area contributed by atoms with E-state index < -0.39 is 0 Å². The fourth-order valence-electron chi connectivity index (χ4n) is 3.03. The van der Waals surface area contributed by atoms with Gasteiger partial charge in [-0.2, -0.15) is 0 Å². The van der Waals surface area contributed by atoms with Gasteiger partial charge in [-0.05, 0) is 39.8 Å². The fourth-order valence-corrected chi connectivity index (χ4v) is 3.03. The number of rotatable bonds is 7. The lowest BCUT2D eigenvalue weighted by molar-refractivity contribution is 0.0721. The second-order valence-electron chi connectivity index (χ2n) is 5.74. The summed E-state index contributed by atoms with van der Waals surface area (Å²) in [5, 5.41) is 3.76. The van der Waals surface area contributed by atoms with Gasteiger partial charge in [-0.3, -0.25) is 4.90 Å². The molecule has 1 rings (SSSR count). The van der Waals surface area contributed by atoms with Gasteiger partial charge >= 0.3 is 0 Å². The van der Waals surface area contributed by atoms with Gasteiger partial charge in [-0.1, -0.05) is 26.2 Å². The van der Waals surface area contributed by atoms with Gasteiger partial charge in [0.25, 0.3) is 0 Å². The number of hydrogen-bond donors (Lipinski definition) is 1. The van der Waals surface area contributed by atoms with E-state index in [1.807, 2.05) is 0 Å². The van der Waals surface area contributed by atoms with Gasteiger partial charge in [-0.15, -0.1) is 0 Å². The first-order valence-electron chi connectivity index (χ1n) is 7.65. The minimum Gasteiger partial charge on any atom is -0.383 e. The molecule has 0 aromatic rings. The largest absolute Gasteiger partial charge is 0.383 e. The maximum absolute atomic E-state index is 5.30. The van der Waals surface area contributed by atoms with E-state index in [1.165, 1.54) is 38.5 Å². The van der Waals surface area contributed by atoms with Gasteiger partial charge in [0.1, 0.15) is 0 Å². The Morgan fingerprint density at radius 1 is 1.28 bits per heavy atom. The summed E-state index contributed by atoms with van der Waals surface area (Å²) in [4.78, 5) is 2.53. The summed E-state index contributed by atoms with van der Waals surface area (Å²) in [5.74, 6) is 0. The minimum atomic E-state index is 0.504. The summed E-state index contributed by atoms with van der Waals surface area (Å²) in [5.41, 5.74) is 0. The number of methoxy groups -OCH3 is 1. The number of ether oxygens (including phenoxy) is 1. The molecule has 1 fully saturated rings. The highest BCUT2D eigenvalue weighted by atomic mass is 16.5. The first-order valence-corrected chi connectivity index (χ1v) is 7.65. The van der Waals surface area contributed by atoms with E-state index in [-0.39, 0.29) is 0 Å². The second kappa shape index (κ2) is 8.89. The molecule has 3 nitrogen and oxygen atoms in total. The van der Waals surface area contributed by atoms with Crippen molar-refractivity contribution >= 4 is 0 Å². The van der Waals surface area contributed by atoms with Crippen molar-refractivity contribution in [2.45, 2.75) is 70.5 Å². The maximum atomic E-state index is 5.30. The predicted octanol–water partition coefficient (Wildman–Crippen LogP) is 2.65. The van der Waals surface area contributed by atoms with E-state index in [1.54, 1.807) is 7.11 Å². The zero-order valence-electron chi connectivity index (χ0n) is 12.7. The van der Waals surface area contributed by atoms with E-state index in [2.05, 4.69) is 31.1 Å². The Hall–Kier alpha value is -0.120. The van der Waals surface area contributed by atoms with Crippen LogP contribution in [0.3, 0.4) is 0 Å². The van der Waals surface area contributed by atoms with Crippen LogP contribution in [-0.4, -0.2) is 50.3 Å². The van der Waals surface area contributed by atoms with Gasteiger partial charge in [0.2, 0.25) is 0 Å². The molecule has 1 saturated carbocycles. The highest BCUT2D eigenvalue weighted by molar-refractivity contribution is 4.87. The molecule has 0 bridgehead atoms. The lowest BCUT2D eigenvalue weighted by Crippen LogP contribution is -2.52. The highest BCUT2D eigenvalue weighted by Crippen LogP contribution is 2.23. The van der Waals surface area contributed by atoms with Gasteiger partial charge < -0.3 is 10.1 Å². The van der Waals surface area contributed by atoms with Crippen LogP contribution in [0.4, 0.5) is 0 Å². The van der Waals surface area contributed by atoms with Crippen LogP contribution in [0.25, 0.3) is 0 Å². The molecule has 1 aliphatic rings. The lowest BCUT2D eigenvalue weighted by atomic mass is 10.00. The SMILES string of the molecule is CCCNC1CCCCCC1N(C)C(C)COC. The Balaban J connectivity index is 2.59. The molecule has 18 heavy (non-hydrogen) atoms. The first-order chi connectivity index (χ1) is 8.70. The van der Waals surface area contributed by atoms with Crippen LogP contribution in [-0.2, 0) is 4.74 Å². The smallest absolute Gasteiger partial charge is 0.0615 e. The Morgan fingerprint density at radius 2 is 2.00 bits per heavy atom. The van der Waals surface area contributed by atoms with Crippen molar-refractivity contribution in [3.63, 3.8) is 0 Å². The molecule has 0 spiro atoms. The Bertz CT molecular complexity index is 211. The normalized spacial score (nSPS) is 27.2. The van der Waals surface area contributed by atoms with Crippen LogP contribution in [0.15, 0.2) is 0 Å². The van der Waals surface area contributed by atoms with Crippen molar-refractivity contribution in [2.24, 2.45) is 0 Å². The summed E-state index contributed by atoms with van der Waals surface area (Å²) < 4.78 is 5.30. The molecule has 3 unspecified atom stereocenters. The average molecular weight is 256 g/mol. The average Bonchev–Trinajstić information content (AvgIpc) is 2.60. The molecule has 1 aliphatic carbocycles. The predicted molar refractivity (Wildman–Crippen MR) is 78.1 cm³/mol. The van der Waals surface area contributed by atoms with Crippen molar-refractivity contribution in [1.29, 1.82) is 0 Å². The Morgan fingerprint density at radius 3 is 2.67 bits per heavy atom. The van der Waals surface area contributed by atoms with Crippen LogP contribution in [0, 0.1) is 0 Å². The van der Waals surface area contributed by atoms with E-state index in [9.17, 15) is 0 Å². The van der Waals surface area contributed by atoms with E-state index in [4.69, 9.17) is 4.74 Å². The number of hydrogen-bond acceptors (Lipinski definition) is 3. The molecule has 0 radical (unpaired) electrons. The zero-order chi connectivity index (χ0) is 13.4. The second-order valence-corrected chi connectivity index (χ2v) is 5.74. The molecule has 0 saturated heterocycles. The molecule has 1 N–H and O–H groups in total. The summed E-state index contributed by atoms with van der Waals surface area (Å²) >= 11 is 0. The van der Waals surface area contributed by atoms with E-state index in [0.717, 1.165) is 13.2 Å². The van der Waals surface area contributed by atoms with Gasteiger partial charge in [0.15, 0.2) is 0 Å². The number of likely N-dealkylation sites (N-methyl/N-ethyl adjacent to an activating group) is 1. The van der Waals surface area contributed by atoms with Gasteiger partial charge in [0, 0.05) is 25.2 Å². The molecule has 3 heteroatoms. The van der Waals surface area contributed by atoms with Crippen LogP contribution in [0.2, 0.25) is 0 Å². The van der Waals surface area contributed by atoms with Crippen molar-refractivity contribution in [1.82, 2.24) is 10.2 Å². The van der Waals surface area contributed by atoms with Crippen LogP contribution in [0.5, 0.6) is 0 Å². The monoisotopic (exact) mass is 256 g/mol. The topological polar surface area (TPSA) is 24.5 Å². The molecule has 108 valence electrons. The quantitative estimate of drug-likeness (QED) is 0.709. The van der Waals surface area contributed by atoms with Crippen molar-refractivity contribution < 1.29 is 4.74 Å². The maximum Gasteiger partial charge on any atom is 0.0615 e. The standard InChI is InChI=1S/C15H32N2O/c1-5-11-16-14-9-7-6-8-10-15(14)17(3)13(2)12-18-4/h13-16H,5-12H2,1-4H3. The minimum absolute atomic E-state index is 0.504. The summed E-state index contributed by atoms with van der Waals surface area (Å²) in [7, 11) is 4.06. The highest BCUT2D eigenvalue weighted by Gasteiger charge is 2.28. The zero-order valence-corrected chi connectivity index (χ0v) is 12.7. The molecule has 3 atom stereocenters. The molecule has 0 amide bonds. The van der Waals surface area contributed by atoms with E-state index >= 15 is 0 Å². The molecular weight excluding hydrogens is 224 g/mol. The van der Waals surface area contributed by atoms with Crippen LogP contribution < -0.4 is 5.32 Å². The number of nitrogens with zero attached hydrogens (tertiary/aromatic N) is 1. The molecule has 0 aromatic heterocycles. The molecular formula is C15H32N2O. The summed E-state index contributed by atoms with van der Waals surface area (Å²) in [6.45, 7) is 6.49. The molecule has 0 aromatic carbocycles. The first kappa shape index (κ1) is 15.9. The third-order valence-corrected chi connectivity index (χ3v) is 4.26. The lowest BCUT2D eigenvalue weighted by Gasteiger charge is -2.37.